The molecule has 0 atom stereocenters. The molecule has 13 heteroatoms. The molecule has 0 aliphatic rings. The zero-order valence-corrected chi connectivity index (χ0v) is 34.6. The van der Waals surface area contributed by atoms with E-state index in [0.29, 0.717) is 36.3 Å². The quantitative estimate of drug-likeness (QED) is 0.157. The van der Waals surface area contributed by atoms with Gasteiger partial charge in [-0.15, -0.1) is 10.2 Å². The van der Waals surface area contributed by atoms with Crippen LogP contribution in [-0.2, 0) is 6.42 Å². The van der Waals surface area contributed by atoms with Gasteiger partial charge in [0.1, 0.15) is 18.5 Å². The maximum Gasteiger partial charge on any atom is 0.119 e. The zero-order valence-electron chi connectivity index (χ0n) is 34.6. The van der Waals surface area contributed by atoms with Crippen molar-refractivity contribution in [2.45, 2.75) is 199 Å². The Labute approximate surface area is 364 Å². The summed E-state index contributed by atoms with van der Waals surface area (Å²) in [6.07, 6.45) is 25.5. The summed E-state index contributed by atoms with van der Waals surface area (Å²) in [6, 6.07) is 5.04. The molecule has 0 unspecified atom stereocenters. The van der Waals surface area contributed by atoms with Crippen LogP contribution in [0.25, 0.3) is 0 Å². The number of aryl methyl sites for hydroxylation is 3. The highest BCUT2D eigenvalue weighted by atomic mass is 15.3. The molecule has 0 saturated heterocycles. The number of hydrogen-bond acceptors (Lipinski definition) is 7. The van der Waals surface area contributed by atoms with Crippen LogP contribution in [0.2, 0.25) is 0 Å². The van der Waals surface area contributed by atoms with Gasteiger partial charge in [-0.05, 0) is 109 Å². The van der Waals surface area contributed by atoms with Gasteiger partial charge in [0.15, 0.2) is 0 Å². The summed E-state index contributed by atoms with van der Waals surface area (Å²) in [4.78, 5) is 16.3. The lowest BCUT2D eigenvalue weighted by Gasteiger charge is -2.07. The largest absolute Gasteiger partial charge is 0.335 e. The van der Waals surface area contributed by atoms with Gasteiger partial charge in [0.25, 0.3) is 0 Å². The Morgan fingerprint density at radius 3 is 1.20 bits per heavy atom. The molecule has 6 aromatic heterocycles. The lowest BCUT2D eigenvalue weighted by Crippen LogP contribution is -2.00. The molecule has 0 bridgehead atoms. The van der Waals surface area contributed by atoms with E-state index in [9.17, 15) is 0 Å². The minimum atomic E-state index is 0. The molecule has 0 aliphatic carbocycles. The fourth-order valence-electron chi connectivity index (χ4n) is 4.14. The van der Waals surface area contributed by atoms with Gasteiger partial charge in [0.05, 0.1) is 30.4 Å². The second kappa shape index (κ2) is 37.5. The molecule has 13 nitrogen and oxygen atoms in total. The fraction of sp³-hybridized carbons (Fsp3) is 0.630. The molecule has 0 fully saturated rings. The van der Waals surface area contributed by atoms with Gasteiger partial charge in [-0.25, -0.2) is 19.9 Å². The first-order valence-electron chi connectivity index (χ1n) is 18.4. The van der Waals surface area contributed by atoms with Gasteiger partial charge < -0.3 is 22.8 Å². The molecule has 0 spiro atoms. The maximum atomic E-state index is 4.22. The van der Waals surface area contributed by atoms with Gasteiger partial charge in [-0.3, -0.25) is 4.68 Å². The molecule has 344 valence electrons. The van der Waals surface area contributed by atoms with Crippen molar-refractivity contribution in [2.24, 2.45) is 0 Å². The van der Waals surface area contributed by atoms with E-state index in [-0.39, 0.29) is 52.0 Å². The monoisotopic (exact) mass is 830 g/mol. The highest BCUT2D eigenvalue weighted by Gasteiger charge is 1.99. The van der Waals surface area contributed by atoms with Crippen molar-refractivity contribution in [1.82, 2.24) is 62.7 Å². The van der Waals surface area contributed by atoms with Gasteiger partial charge in [0.2, 0.25) is 0 Å². The van der Waals surface area contributed by atoms with E-state index >= 15 is 0 Å². The highest BCUT2D eigenvalue weighted by Crippen LogP contribution is 2.07. The highest BCUT2D eigenvalue weighted by molar-refractivity contribution is 4.96. The van der Waals surface area contributed by atoms with Crippen LogP contribution in [0.4, 0.5) is 0 Å². The van der Waals surface area contributed by atoms with Crippen molar-refractivity contribution in [3.05, 3.63) is 104 Å². The van der Waals surface area contributed by atoms with E-state index < -0.39 is 0 Å². The molecule has 59 heavy (non-hydrogen) atoms. The standard InChI is InChI=1S/C8H14N2.2C7H12N2.2C6H10N2.C5H9N3.7CH4/c1-4-8-5-10(6-9-8)7(2)3;1-6(2)9-4-7(3)8-5-9;1-6(2)9-5-4-8-7(9)3;1-6(2)8-4-3-7-5-8;1-6(2)8-5-3-4-7-8;1-5(2)8-3-6-7-4-8;;;;;;;/h5-7H,4H2,1-3H3;2*4-6H,1-3H3;2*3-6H,1-2H3;3-5H,1-2H3;7*1H4. The summed E-state index contributed by atoms with van der Waals surface area (Å²) in [6.45, 7) is 31.6. The molecule has 0 amide bonds. The van der Waals surface area contributed by atoms with Crippen molar-refractivity contribution in [1.29, 1.82) is 0 Å². The van der Waals surface area contributed by atoms with Crippen LogP contribution in [0.15, 0.2) is 87.3 Å². The normalized spacial score (nSPS) is 9.31. The van der Waals surface area contributed by atoms with Crippen LogP contribution < -0.4 is 0 Å². The van der Waals surface area contributed by atoms with Crippen molar-refractivity contribution in [3.8, 4) is 0 Å². The first kappa shape index (κ1) is 68.8. The van der Waals surface area contributed by atoms with E-state index in [4.69, 9.17) is 0 Å². The number of aromatic nitrogens is 13. The van der Waals surface area contributed by atoms with Crippen LogP contribution in [0.1, 0.15) is 195 Å². The second-order valence-electron chi connectivity index (χ2n) is 14.0. The molecule has 6 rings (SSSR count). The lowest BCUT2D eigenvalue weighted by molar-refractivity contribution is 0.532. The summed E-state index contributed by atoms with van der Waals surface area (Å²) in [7, 11) is 0. The average Bonchev–Trinajstić information content (AvgIpc) is 3.95. The Bertz CT molecular complexity index is 1560. The number of rotatable bonds is 7. The van der Waals surface area contributed by atoms with Crippen LogP contribution in [0.3, 0.4) is 0 Å². The van der Waals surface area contributed by atoms with Crippen LogP contribution in [-0.4, -0.2) is 62.7 Å². The molecule has 0 saturated carbocycles. The Balaban J connectivity index is -0.000000108. The van der Waals surface area contributed by atoms with Gasteiger partial charge in [-0.2, -0.15) is 5.10 Å². The molecular formula is C46H95N13. The number of imidazole rings is 4. The van der Waals surface area contributed by atoms with Crippen molar-refractivity contribution < 1.29 is 0 Å². The van der Waals surface area contributed by atoms with E-state index in [2.05, 4.69) is 150 Å². The van der Waals surface area contributed by atoms with Crippen molar-refractivity contribution in [3.63, 3.8) is 0 Å². The van der Waals surface area contributed by atoms with Gasteiger partial charge in [-0.1, -0.05) is 58.9 Å². The van der Waals surface area contributed by atoms with Crippen molar-refractivity contribution >= 4 is 0 Å². The minimum absolute atomic E-state index is 0. The van der Waals surface area contributed by atoms with Crippen LogP contribution in [0, 0.1) is 13.8 Å². The fourth-order valence-corrected chi connectivity index (χ4v) is 4.14. The molecule has 0 aromatic carbocycles. The molecule has 0 N–H and O–H groups in total. The average molecular weight is 830 g/mol. The smallest absolute Gasteiger partial charge is 0.119 e. The van der Waals surface area contributed by atoms with E-state index in [1.54, 1.807) is 25.0 Å². The molecule has 6 heterocycles. The van der Waals surface area contributed by atoms with Crippen molar-refractivity contribution in [2.75, 3.05) is 0 Å². The predicted octanol–water partition coefficient (Wildman–Crippen LogP) is 13.8. The second-order valence-corrected chi connectivity index (χ2v) is 14.0. The first-order valence-corrected chi connectivity index (χ1v) is 18.4. The summed E-state index contributed by atoms with van der Waals surface area (Å²) >= 11 is 0. The van der Waals surface area contributed by atoms with Crippen LogP contribution >= 0.6 is 0 Å². The molecule has 0 radical (unpaired) electrons. The Morgan fingerprint density at radius 2 is 0.983 bits per heavy atom. The van der Waals surface area contributed by atoms with Gasteiger partial charge in [0, 0.05) is 85.8 Å². The van der Waals surface area contributed by atoms with Crippen LogP contribution in [0.5, 0.6) is 0 Å². The molecule has 6 aromatic rings. The minimum Gasteiger partial charge on any atom is -0.335 e. The predicted molar refractivity (Wildman–Crippen MR) is 259 cm³/mol. The maximum absolute atomic E-state index is 4.22. The Kier molecular flexibility index (Phi) is 43.7. The van der Waals surface area contributed by atoms with Gasteiger partial charge >= 0.3 is 0 Å². The first-order chi connectivity index (χ1) is 24.6. The third-order valence-electron chi connectivity index (χ3n) is 7.57. The number of hydrogen-bond donors (Lipinski definition) is 0. The summed E-state index contributed by atoms with van der Waals surface area (Å²) < 4.78 is 12.3. The van der Waals surface area contributed by atoms with E-state index in [0.717, 1.165) is 17.9 Å². The number of nitrogens with zero attached hydrogens (tertiary/aromatic N) is 13. The Hall–Kier alpha value is -4.81. The summed E-state index contributed by atoms with van der Waals surface area (Å²) in [5.41, 5.74) is 2.26. The molecule has 0 aliphatic heterocycles. The van der Waals surface area contributed by atoms with E-state index in [1.807, 2.05) is 79.1 Å². The third kappa shape index (κ3) is 28.3. The molecular weight excluding hydrogens is 735 g/mol. The lowest BCUT2D eigenvalue weighted by atomic mass is 10.3. The summed E-state index contributed by atoms with van der Waals surface area (Å²) in [5, 5.41) is 11.3. The third-order valence-corrected chi connectivity index (χ3v) is 7.57. The zero-order chi connectivity index (χ0) is 39.2. The SMILES string of the molecule is C.C.C.C.C.C.C.CC(C)n1cccn1.CC(C)n1ccnc1.CC(C)n1cnnc1.CCc1cn(C(C)C)cn1.Cc1cn(C(C)C)cn1.Cc1nccn1C(C)C. The summed E-state index contributed by atoms with van der Waals surface area (Å²) in [5.74, 6) is 1.09. The Morgan fingerprint density at radius 1 is 0.475 bits per heavy atom. The topological polar surface area (TPSA) is 120 Å². The van der Waals surface area contributed by atoms with E-state index in [1.165, 1.54) is 5.69 Å².